The molecule has 0 aromatic heterocycles. The van der Waals surface area contributed by atoms with E-state index in [9.17, 15) is 4.39 Å². The topological polar surface area (TPSA) is 41.7 Å². The largest absolute Gasteiger partial charge is 0.497 e. The first-order chi connectivity index (χ1) is 9.06. The molecule has 1 heterocycles. The van der Waals surface area contributed by atoms with Gasteiger partial charge in [-0.05, 0) is 25.7 Å². The average Bonchev–Trinajstić information content (AvgIpc) is 2.74. The van der Waals surface area contributed by atoms with Crippen LogP contribution in [0.1, 0.15) is 17.2 Å². The number of halogens is 1. The van der Waals surface area contributed by atoms with Crippen LogP contribution < -0.4 is 10.5 Å². The second-order valence-electron chi connectivity index (χ2n) is 5.20. The van der Waals surface area contributed by atoms with Crippen LogP contribution in [-0.4, -0.2) is 50.6 Å². The summed E-state index contributed by atoms with van der Waals surface area (Å²) in [4.78, 5) is 4.35. The molecular formula is C14H22FN3O. The fourth-order valence-electron chi connectivity index (χ4n) is 2.56. The minimum absolute atomic E-state index is 0.0829. The van der Waals surface area contributed by atoms with Gasteiger partial charge in [-0.15, -0.1) is 0 Å². The molecule has 1 aliphatic rings. The lowest BCUT2D eigenvalue weighted by Gasteiger charge is -2.25. The first kappa shape index (κ1) is 14.2. The van der Waals surface area contributed by atoms with E-state index >= 15 is 0 Å². The first-order valence-corrected chi connectivity index (χ1v) is 6.52. The molecule has 1 aromatic rings. The average molecular weight is 267 g/mol. The minimum Gasteiger partial charge on any atom is -0.497 e. The molecule has 0 bridgehead atoms. The fourth-order valence-corrected chi connectivity index (χ4v) is 2.56. The maximum atomic E-state index is 14.1. The quantitative estimate of drug-likeness (QED) is 0.871. The molecule has 5 heteroatoms. The highest BCUT2D eigenvalue weighted by Gasteiger charge is 2.31. The van der Waals surface area contributed by atoms with Gasteiger partial charge in [-0.25, -0.2) is 4.39 Å². The van der Waals surface area contributed by atoms with E-state index in [0.717, 1.165) is 24.2 Å². The molecule has 19 heavy (non-hydrogen) atoms. The molecule has 1 aromatic carbocycles. The smallest absolute Gasteiger partial charge is 0.131 e. The molecule has 0 aliphatic carbocycles. The van der Waals surface area contributed by atoms with Crippen molar-refractivity contribution in [2.75, 3.05) is 40.8 Å². The molecule has 2 N–H and O–H groups in total. The van der Waals surface area contributed by atoms with E-state index in [1.54, 1.807) is 7.11 Å². The predicted octanol–water partition coefficient (Wildman–Crippen LogP) is 1.21. The van der Waals surface area contributed by atoms with Gasteiger partial charge in [0.25, 0.3) is 0 Å². The van der Waals surface area contributed by atoms with Crippen molar-refractivity contribution in [3.63, 3.8) is 0 Å². The number of nitrogens with zero attached hydrogens (tertiary/aromatic N) is 2. The fraction of sp³-hybridized carbons (Fsp3) is 0.571. The van der Waals surface area contributed by atoms with E-state index < -0.39 is 0 Å². The number of hydrogen-bond donors (Lipinski definition) is 1. The van der Waals surface area contributed by atoms with E-state index in [1.807, 2.05) is 20.2 Å². The van der Waals surface area contributed by atoms with Gasteiger partial charge in [-0.2, -0.15) is 0 Å². The lowest BCUT2D eigenvalue weighted by Crippen LogP contribution is -2.33. The Bertz CT molecular complexity index is 451. The van der Waals surface area contributed by atoms with Crippen LogP contribution in [0.2, 0.25) is 0 Å². The third-order valence-corrected chi connectivity index (χ3v) is 3.66. The highest BCUT2D eigenvalue weighted by molar-refractivity contribution is 5.42. The van der Waals surface area contributed by atoms with Crippen molar-refractivity contribution in [3.8, 4) is 5.75 Å². The number of nitrogens with two attached hydrogens (primary N) is 1. The zero-order chi connectivity index (χ0) is 14.0. The Balaban J connectivity index is 2.24. The van der Waals surface area contributed by atoms with Crippen molar-refractivity contribution in [1.29, 1.82) is 0 Å². The van der Waals surface area contributed by atoms with Crippen LogP contribution in [-0.2, 0) is 6.54 Å². The van der Waals surface area contributed by atoms with Gasteiger partial charge in [0.2, 0.25) is 0 Å². The van der Waals surface area contributed by atoms with Crippen molar-refractivity contribution in [2.45, 2.75) is 12.6 Å². The monoisotopic (exact) mass is 267 g/mol. The number of rotatable bonds is 5. The van der Waals surface area contributed by atoms with Crippen molar-refractivity contribution < 1.29 is 9.13 Å². The van der Waals surface area contributed by atoms with E-state index in [-0.39, 0.29) is 11.9 Å². The molecule has 0 spiro atoms. The van der Waals surface area contributed by atoms with E-state index in [0.29, 0.717) is 18.8 Å². The summed E-state index contributed by atoms with van der Waals surface area (Å²) in [6.07, 6.45) is 0. The number of likely N-dealkylation sites (N-methyl/N-ethyl adjacent to an activating group) is 1. The van der Waals surface area contributed by atoms with Crippen LogP contribution >= 0.6 is 0 Å². The van der Waals surface area contributed by atoms with Gasteiger partial charge in [-0.3, -0.25) is 4.90 Å². The Morgan fingerprint density at radius 1 is 1.47 bits per heavy atom. The van der Waals surface area contributed by atoms with Gasteiger partial charge in [-0.1, -0.05) is 0 Å². The molecule has 2 rings (SSSR count). The normalized spacial score (nSPS) is 18.9. The number of hydrogen-bond acceptors (Lipinski definition) is 4. The lowest BCUT2D eigenvalue weighted by atomic mass is 10.0. The van der Waals surface area contributed by atoms with Crippen molar-refractivity contribution in [2.24, 2.45) is 5.73 Å². The Morgan fingerprint density at radius 2 is 2.21 bits per heavy atom. The highest BCUT2D eigenvalue weighted by atomic mass is 19.1. The maximum Gasteiger partial charge on any atom is 0.131 e. The molecule has 4 nitrogen and oxygen atoms in total. The third-order valence-electron chi connectivity index (χ3n) is 3.66. The van der Waals surface area contributed by atoms with Crippen molar-refractivity contribution in [1.82, 2.24) is 9.80 Å². The molecule has 0 fully saturated rings. The van der Waals surface area contributed by atoms with Gasteiger partial charge in [0.05, 0.1) is 7.11 Å². The van der Waals surface area contributed by atoms with Gasteiger partial charge in [0.1, 0.15) is 11.6 Å². The van der Waals surface area contributed by atoms with Crippen LogP contribution in [0, 0.1) is 5.82 Å². The standard InChI is InChI=1S/C14H22FN3O/c1-17(2)4-5-18-9-12-11(14(18)8-16)6-10(19-3)7-13(12)15/h6-7,14H,4-5,8-9,16H2,1-3H3. The van der Waals surface area contributed by atoms with Crippen LogP contribution in [0.4, 0.5) is 4.39 Å². The third kappa shape index (κ3) is 2.88. The summed E-state index contributed by atoms with van der Waals surface area (Å²) in [6, 6.07) is 3.44. The van der Waals surface area contributed by atoms with E-state index in [1.165, 1.54) is 6.07 Å². The van der Waals surface area contributed by atoms with Gasteiger partial charge in [0, 0.05) is 43.9 Å². The lowest BCUT2D eigenvalue weighted by molar-refractivity contribution is 0.196. The molecular weight excluding hydrogens is 245 g/mol. The summed E-state index contributed by atoms with van der Waals surface area (Å²) < 4.78 is 19.2. The number of benzene rings is 1. The molecule has 0 radical (unpaired) electrons. The molecule has 0 saturated carbocycles. The minimum atomic E-state index is -0.194. The molecule has 0 amide bonds. The predicted molar refractivity (Wildman–Crippen MR) is 73.7 cm³/mol. The number of ether oxygens (including phenoxy) is 1. The summed E-state index contributed by atoms with van der Waals surface area (Å²) in [5.41, 5.74) is 7.60. The van der Waals surface area contributed by atoms with Crippen LogP contribution in [0.5, 0.6) is 5.75 Å². The maximum absolute atomic E-state index is 14.1. The Labute approximate surface area is 113 Å². The SMILES string of the molecule is COc1cc(F)c2c(c1)C(CN)N(CCN(C)C)C2. The summed E-state index contributed by atoms with van der Waals surface area (Å²) in [5, 5.41) is 0. The summed E-state index contributed by atoms with van der Waals surface area (Å²) in [6.45, 7) is 2.93. The zero-order valence-corrected chi connectivity index (χ0v) is 11.8. The van der Waals surface area contributed by atoms with E-state index in [2.05, 4.69) is 9.80 Å². The zero-order valence-electron chi connectivity index (χ0n) is 11.8. The van der Waals surface area contributed by atoms with Crippen molar-refractivity contribution in [3.05, 3.63) is 29.1 Å². The Hall–Kier alpha value is -1.17. The van der Waals surface area contributed by atoms with Crippen molar-refractivity contribution >= 4 is 0 Å². The molecule has 106 valence electrons. The van der Waals surface area contributed by atoms with Gasteiger partial charge < -0.3 is 15.4 Å². The van der Waals surface area contributed by atoms with Crippen LogP contribution in [0.25, 0.3) is 0 Å². The van der Waals surface area contributed by atoms with Gasteiger partial charge in [0.15, 0.2) is 0 Å². The summed E-state index contributed by atoms with van der Waals surface area (Å²) in [7, 11) is 5.62. The summed E-state index contributed by atoms with van der Waals surface area (Å²) >= 11 is 0. The molecule has 1 aliphatic heterocycles. The number of fused-ring (bicyclic) bond motifs is 1. The summed E-state index contributed by atoms with van der Waals surface area (Å²) in [5.74, 6) is 0.365. The van der Waals surface area contributed by atoms with E-state index in [4.69, 9.17) is 10.5 Å². The number of methoxy groups -OCH3 is 1. The van der Waals surface area contributed by atoms with Crippen LogP contribution in [0.15, 0.2) is 12.1 Å². The highest BCUT2D eigenvalue weighted by Crippen LogP contribution is 2.36. The Kier molecular flexibility index (Phi) is 4.39. The molecule has 0 saturated heterocycles. The molecule has 1 unspecified atom stereocenters. The molecule has 1 atom stereocenters. The Morgan fingerprint density at radius 3 is 2.79 bits per heavy atom. The van der Waals surface area contributed by atoms with Gasteiger partial charge >= 0.3 is 0 Å². The first-order valence-electron chi connectivity index (χ1n) is 6.52. The second kappa shape index (κ2) is 5.86. The second-order valence-corrected chi connectivity index (χ2v) is 5.20. The van der Waals surface area contributed by atoms with Crippen LogP contribution in [0.3, 0.4) is 0 Å².